The molecule has 134 valence electrons. The summed E-state index contributed by atoms with van der Waals surface area (Å²) in [7, 11) is 0. The molecule has 0 saturated heterocycles. The van der Waals surface area contributed by atoms with Crippen molar-refractivity contribution in [3.63, 3.8) is 0 Å². The first-order chi connectivity index (χ1) is 13.2. The molecule has 6 nitrogen and oxygen atoms in total. The van der Waals surface area contributed by atoms with Gasteiger partial charge < -0.3 is 14.8 Å². The minimum absolute atomic E-state index is 0.105. The van der Waals surface area contributed by atoms with Gasteiger partial charge in [-0.25, -0.2) is 4.98 Å². The lowest BCUT2D eigenvalue weighted by Gasteiger charge is -2.08. The number of nitrogens with one attached hydrogen (secondary N) is 1. The lowest BCUT2D eigenvalue weighted by molar-refractivity contribution is 0.102. The molecule has 8 heteroatoms. The Morgan fingerprint density at radius 2 is 2.07 bits per heavy atom. The van der Waals surface area contributed by atoms with Gasteiger partial charge in [0.2, 0.25) is 6.79 Å². The highest BCUT2D eigenvalue weighted by atomic mass is 35.5. The highest BCUT2D eigenvalue weighted by Crippen LogP contribution is 2.39. The summed E-state index contributed by atoms with van der Waals surface area (Å²) in [5.74, 6) is 0.672. The van der Waals surface area contributed by atoms with E-state index < -0.39 is 0 Å². The lowest BCUT2D eigenvalue weighted by atomic mass is 10.1. The van der Waals surface area contributed by atoms with Gasteiger partial charge in [0.25, 0.3) is 5.91 Å². The van der Waals surface area contributed by atoms with Gasteiger partial charge in [-0.05, 0) is 24.3 Å². The van der Waals surface area contributed by atoms with Crippen molar-refractivity contribution < 1.29 is 14.3 Å². The highest BCUT2D eigenvalue weighted by molar-refractivity contribution is 7.15. The smallest absolute Gasteiger partial charge is 0.255 e. The number of ether oxygens (including phenoxy) is 2. The second-order valence-corrected chi connectivity index (χ2v) is 7.22. The van der Waals surface area contributed by atoms with Crippen LogP contribution in [-0.4, -0.2) is 22.1 Å². The third-order valence-electron chi connectivity index (χ3n) is 4.22. The molecule has 5 rings (SSSR count). The van der Waals surface area contributed by atoms with Crippen LogP contribution in [0.4, 0.5) is 5.69 Å². The van der Waals surface area contributed by atoms with E-state index in [-0.39, 0.29) is 12.7 Å². The first-order valence-corrected chi connectivity index (χ1v) is 9.36. The molecule has 0 bridgehead atoms. The van der Waals surface area contributed by atoms with Crippen molar-refractivity contribution in [1.29, 1.82) is 0 Å². The molecule has 0 fully saturated rings. The van der Waals surface area contributed by atoms with Crippen molar-refractivity contribution in [3.8, 4) is 22.8 Å². The molecule has 1 aliphatic rings. The number of amides is 1. The van der Waals surface area contributed by atoms with Crippen molar-refractivity contribution in [2.24, 2.45) is 0 Å². The zero-order valence-electron chi connectivity index (χ0n) is 13.8. The maximum atomic E-state index is 12.5. The fraction of sp³-hybridized carbons (Fsp3) is 0.0526. The molecule has 27 heavy (non-hydrogen) atoms. The largest absolute Gasteiger partial charge is 0.454 e. The van der Waals surface area contributed by atoms with E-state index in [1.165, 1.54) is 0 Å². The van der Waals surface area contributed by atoms with E-state index in [9.17, 15) is 4.79 Å². The van der Waals surface area contributed by atoms with Gasteiger partial charge in [0.15, 0.2) is 16.5 Å². The van der Waals surface area contributed by atoms with E-state index in [1.807, 2.05) is 46.4 Å². The number of aromatic nitrogens is 2. The number of fused-ring (bicyclic) bond motifs is 2. The maximum absolute atomic E-state index is 12.5. The number of carbonyl (C=O) groups excluding carboxylic acids is 1. The first kappa shape index (κ1) is 16.2. The number of thiazole rings is 1. The van der Waals surface area contributed by atoms with E-state index in [2.05, 4.69) is 10.3 Å². The molecule has 1 amide bonds. The zero-order valence-corrected chi connectivity index (χ0v) is 15.4. The van der Waals surface area contributed by atoms with E-state index in [0.717, 1.165) is 16.2 Å². The fourth-order valence-corrected chi connectivity index (χ4v) is 3.86. The number of hydrogen-bond donors (Lipinski definition) is 1. The van der Waals surface area contributed by atoms with Gasteiger partial charge in [0.05, 0.1) is 10.7 Å². The summed E-state index contributed by atoms with van der Waals surface area (Å²) in [5.41, 5.74) is 2.96. The average Bonchev–Trinajstić information content (AvgIpc) is 3.38. The van der Waals surface area contributed by atoms with Gasteiger partial charge in [0, 0.05) is 34.6 Å². The van der Waals surface area contributed by atoms with E-state index in [1.54, 1.807) is 23.5 Å². The van der Waals surface area contributed by atoms with Crippen LogP contribution >= 0.6 is 22.9 Å². The summed E-state index contributed by atoms with van der Waals surface area (Å²) in [4.78, 5) is 18.0. The quantitative estimate of drug-likeness (QED) is 0.544. The summed E-state index contributed by atoms with van der Waals surface area (Å²) in [6.07, 6.45) is 3.95. The normalized spacial score (nSPS) is 12.5. The van der Waals surface area contributed by atoms with Gasteiger partial charge >= 0.3 is 0 Å². The number of rotatable bonds is 3. The second kappa shape index (κ2) is 6.29. The third-order valence-corrected chi connectivity index (χ3v) is 5.27. The van der Waals surface area contributed by atoms with Gasteiger partial charge in [-0.3, -0.25) is 9.20 Å². The molecular weight excluding hydrogens is 386 g/mol. The van der Waals surface area contributed by atoms with Crippen LogP contribution in [0.1, 0.15) is 10.4 Å². The molecule has 0 saturated carbocycles. The van der Waals surface area contributed by atoms with Crippen LogP contribution in [0, 0.1) is 0 Å². The number of halogens is 1. The van der Waals surface area contributed by atoms with Crippen LogP contribution < -0.4 is 14.8 Å². The molecule has 0 atom stereocenters. The Labute approximate surface area is 162 Å². The van der Waals surface area contributed by atoms with Crippen molar-refractivity contribution in [2.45, 2.75) is 0 Å². The Bertz CT molecular complexity index is 1140. The maximum Gasteiger partial charge on any atom is 0.255 e. The Morgan fingerprint density at radius 3 is 2.89 bits per heavy atom. The number of carbonyl (C=O) groups is 1. The molecule has 0 spiro atoms. The fourth-order valence-electron chi connectivity index (χ4n) is 2.89. The van der Waals surface area contributed by atoms with Crippen LogP contribution in [0.25, 0.3) is 16.2 Å². The van der Waals surface area contributed by atoms with E-state index >= 15 is 0 Å². The number of imidazole rings is 1. The lowest BCUT2D eigenvalue weighted by Crippen LogP contribution is -2.11. The van der Waals surface area contributed by atoms with Crippen LogP contribution in [0.3, 0.4) is 0 Å². The van der Waals surface area contributed by atoms with E-state index in [0.29, 0.717) is 27.8 Å². The molecule has 0 radical (unpaired) electrons. The topological polar surface area (TPSA) is 64.9 Å². The Morgan fingerprint density at radius 1 is 1.22 bits per heavy atom. The minimum Gasteiger partial charge on any atom is -0.454 e. The Balaban J connectivity index is 1.36. The van der Waals surface area contributed by atoms with Gasteiger partial charge in [-0.2, -0.15) is 0 Å². The highest BCUT2D eigenvalue weighted by Gasteiger charge is 2.20. The summed E-state index contributed by atoms with van der Waals surface area (Å²) in [5, 5.41) is 5.20. The molecule has 1 N–H and O–H groups in total. The van der Waals surface area contributed by atoms with Crippen molar-refractivity contribution in [1.82, 2.24) is 9.38 Å². The monoisotopic (exact) mass is 397 g/mol. The standard InChI is InChI=1S/C19H12ClN3O3S/c20-14-7-12(8-16-17(14)26-10-25-16)18(24)21-13-3-1-11(2-4-13)15-9-23-5-6-27-19(23)22-15/h1-9H,10H2,(H,21,24). The number of nitrogens with zero attached hydrogens (tertiary/aromatic N) is 2. The second-order valence-electron chi connectivity index (χ2n) is 5.94. The summed E-state index contributed by atoms with van der Waals surface area (Å²) in [6, 6.07) is 10.7. The van der Waals surface area contributed by atoms with Crippen LogP contribution in [-0.2, 0) is 0 Å². The van der Waals surface area contributed by atoms with Gasteiger partial charge in [0.1, 0.15) is 0 Å². The number of hydrogen-bond acceptors (Lipinski definition) is 5. The summed E-state index contributed by atoms with van der Waals surface area (Å²) >= 11 is 7.73. The van der Waals surface area contributed by atoms with Gasteiger partial charge in [-0.15, -0.1) is 11.3 Å². The average molecular weight is 398 g/mol. The zero-order chi connectivity index (χ0) is 18.4. The van der Waals surface area contributed by atoms with E-state index in [4.69, 9.17) is 21.1 Å². The first-order valence-electron chi connectivity index (χ1n) is 8.10. The van der Waals surface area contributed by atoms with Crippen molar-refractivity contribution in [2.75, 3.05) is 12.1 Å². The molecule has 1 aliphatic heterocycles. The summed E-state index contributed by atoms with van der Waals surface area (Å²) < 4.78 is 12.6. The van der Waals surface area contributed by atoms with Crippen molar-refractivity contribution >= 4 is 39.5 Å². The van der Waals surface area contributed by atoms with Crippen LogP contribution in [0.2, 0.25) is 5.02 Å². The number of anilines is 1. The molecule has 2 aromatic carbocycles. The summed E-state index contributed by atoms with van der Waals surface area (Å²) in [6.45, 7) is 0.105. The van der Waals surface area contributed by atoms with Gasteiger partial charge in [-0.1, -0.05) is 23.7 Å². The Hall–Kier alpha value is -3.03. The van der Waals surface area contributed by atoms with Crippen molar-refractivity contribution in [3.05, 3.63) is 64.8 Å². The Kier molecular flexibility index (Phi) is 3.77. The van der Waals surface area contributed by atoms with Crippen LogP contribution in [0.5, 0.6) is 11.5 Å². The predicted octanol–water partition coefficient (Wildman–Crippen LogP) is 4.70. The molecule has 4 aromatic rings. The number of benzene rings is 2. The molecule has 2 aromatic heterocycles. The molecule has 3 heterocycles. The predicted molar refractivity (Wildman–Crippen MR) is 104 cm³/mol. The SMILES string of the molecule is O=C(Nc1ccc(-c2cn3ccsc3n2)cc1)c1cc(Cl)c2c(c1)OCO2. The molecule has 0 aliphatic carbocycles. The minimum atomic E-state index is -0.273. The molecule has 0 unspecified atom stereocenters. The molecular formula is C19H12ClN3O3S. The third kappa shape index (κ3) is 2.90. The van der Waals surface area contributed by atoms with Crippen LogP contribution in [0.15, 0.2) is 54.2 Å².